The second-order valence-corrected chi connectivity index (χ2v) is 5.39. The third kappa shape index (κ3) is 3.93. The quantitative estimate of drug-likeness (QED) is 0.818. The van der Waals surface area contributed by atoms with Crippen molar-refractivity contribution in [2.75, 3.05) is 20.3 Å². The minimum Gasteiger partial charge on any atom is -0.490 e. The number of hydrogen-bond acceptors (Lipinski definition) is 4. The Morgan fingerprint density at radius 3 is 2.68 bits per heavy atom. The number of ether oxygens (including phenoxy) is 2. The lowest BCUT2D eigenvalue weighted by molar-refractivity contribution is 0.165. The Hall–Kier alpha value is -1.10. The van der Waals surface area contributed by atoms with Crippen LogP contribution < -0.4 is 10.5 Å². The van der Waals surface area contributed by atoms with Gasteiger partial charge in [0.05, 0.1) is 13.2 Å². The predicted molar refractivity (Wildman–Crippen MR) is 74.3 cm³/mol. The Labute approximate surface area is 114 Å². The second-order valence-electron chi connectivity index (χ2n) is 5.39. The summed E-state index contributed by atoms with van der Waals surface area (Å²) in [5.41, 5.74) is 6.82. The molecule has 1 saturated carbocycles. The van der Waals surface area contributed by atoms with E-state index in [0.29, 0.717) is 0 Å². The molecule has 0 amide bonds. The lowest BCUT2D eigenvalue weighted by Gasteiger charge is -2.21. The third-order valence-electron chi connectivity index (χ3n) is 3.73. The fraction of sp³-hybridized carbons (Fsp3) is 0.600. The molecule has 2 unspecified atom stereocenters. The normalized spacial score (nSPS) is 26.6. The van der Waals surface area contributed by atoms with Crippen LogP contribution >= 0.6 is 0 Å². The molecule has 1 aliphatic carbocycles. The number of aliphatic hydroxyl groups excluding tert-OH is 1. The van der Waals surface area contributed by atoms with Crippen molar-refractivity contribution in [3.05, 3.63) is 29.8 Å². The van der Waals surface area contributed by atoms with Crippen LogP contribution in [-0.2, 0) is 11.2 Å². The summed E-state index contributed by atoms with van der Waals surface area (Å²) in [4.78, 5) is 0. The molecule has 106 valence electrons. The molecule has 1 fully saturated rings. The van der Waals surface area contributed by atoms with E-state index in [1.165, 1.54) is 5.56 Å². The predicted octanol–water partition coefficient (Wildman–Crippen LogP) is 1.50. The molecule has 2 rings (SSSR count). The number of rotatable bonds is 6. The summed E-state index contributed by atoms with van der Waals surface area (Å²) in [5, 5.41) is 9.24. The number of benzene rings is 1. The van der Waals surface area contributed by atoms with Crippen LogP contribution in [0.5, 0.6) is 5.75 Å². The average Bonchev–Trinajstić information content (AvgIpc) is 2.80. The second kappa shape index (κ2) is 6.37. The first-order chi connectivity index (χ1) is 9.15. The Morgan fingerprint density at radius 1 is 1.37 bits per heavy atom. The van der Waals surface area contributed by atoms with Crippen molar-refractivity contribution in [2.45, 2.75) is 37.3 Å². The van der Waals surface area contributed by atoms with E-state index < -0.39 is 5.54 Å². The van der Waals surface area contributed by atoms with Gasteiger partial charge in [0.2, 0.25) is 0 Å². The largest absolute Gasteiger partial charge is 0.490 e. The highest BCUT2D eigenvalue weighted by molar-refractivity contribution is 5.27. The molecule has 0 heterocycles. The summed E-state index contributed by atoms with van der Waals surface area (Å²) in [6.45, 7) is 0.762. The van der Waals surface area contributed by atoms with Gasteiger partial charge >= 0.3 is 0 Å². The molecule has 4 nitrogen and oxygen atoms in total. The Kier molecular flexibility index (Phi) is 4.80. The van der Waals surface area contributed by atoms with E-state index in [0.717, 1.165) is 38.0 Å². The molecule has 0 spiro atoms. The van der Waals surface area contributed by atoms with E-state index in [2.05, 4.69) is 12.1 Å². The van der Waals surface area contributed by atoms with Crippen LogP contribution in [0.2, 0.25) is 0 Å². The number of nitrogens with two attached hydrogens (primary N) is 1. The zero-order chi connectivity index (χ0) is 13.7. The minimum absolute atomic E-state index is 0.0306. The van der Waals surface area contributed by atoms with Crippen molar-refractivity contribution < 1.29 is 14.6 Å². The zero-order valence-electron chi connectivity index (χ0n) is 11.5. The van der Waals surface area contributed by atoms with Gasteiger partial charge in [0.1, 0.15) is 11.9 Å². The smallest absolute Gasteiger partial charge is 0.119 e. The fourth-order valence-corrected chi connectivity index (χ4v) is 2.50. The molecule has 3 N–H and O–H groups in total. The molecule has 2 atom stereocenters. The van der Waals surface area contributed by atoms with Crippen molar-refractivity contribution in [3.63, 3.8) is 0 Å². The van der Waals surface area contributed by atoms with Crippen LogP contribution in [-0.4, -0.2) is 37.1 Å². The summed E-state index contributed by atoms with van der Waals surface area (Å²) in [6, 6.07) is 8.09. The van der Waals surface area contributed by atoms with Gasteiger partial charge in [0.25, 0.3) is 0 Å². The molecule has 4 heteroatoms. The van der Waals surface area contributed by atoms with Gasteiger partial charge in [0.15, 0.2) is 0 Å². The van der Waals surface area contributed by atoms with Crippen LogP contribution in [0.15, 0.2) is 24.3 Å². The van der Waals surface area contributed by atoms with Crippen LogP contribution in [0.4, 0.5) is 0 Å². The van der Waals surface area contributed by atoms with Crippen LogP contribution in [0.25, 0.3) is 0 Å². The topological polar surface area (TPSA) is 64.7 Å². The number of aliphatic hydroxyl groups is 1. The van der Waals surface area contributed by atoms with Gasteiger partial charge in [-0.05, 0) is 37.0 Å². The lowest BCUT2D eigenvalue weighted by atomic mass is 10.0. The van der Waals surface area contributed by atoms with Gasteiger partial charge in [0, 0.05) is 19.1 Å². The maximum absolute atomic E-state index is 9.24. The van der Waals surface area contributed by atoms with Crippen molar-refractivity contribution in [2.24, 2.45) is 5.73 Å². The molecule has 1 aromatic rings. The van der Waals surface area contributed by atoms with Crippen LogP contribution in [0.3, 0.4) is 0 Å². The van der Waals surface area contributed by atoms with E-state index >= 15 is 0 Å². The molecule has 1 aliphatic rings. The first-order valence-corrected chi connectivity index (χ1v) is 6.79. The average molecular weight is 265 g/mol. The molecule has 0 aromatic heterocycles. The van der Waals surface area contributed by atoms with E-state index in [-0.39, 0.29) is 12.7 Å². The van der Waals surface area contributed by atoms with Gasteiger partial charge < -0.3 is 20.3 Å². The number of hydrogen-bond donors (Lipinski definition) is 2. The first kappa shape index (κ1) is 14.3. The van der Waals surface area contributed by atoms with Crippen molar-refractivity contribution in [3.8, 4) is 5.75 Å². The van der Waals surface area contributed by atoms with Crippen LogP contribution in [0, 0.1) is 0 Å². The van der Waals surface area contributed by atoms with Gasteiger partial charge in [-0.2, -0.15) is 0 Å². The van der Waals surface area contributed by atoms with Crippen molar-refractivity contribution >= 4 is 0 Å². The maximum atomic E-state index is 9.24. The highest BCUT2D eigenvalue weighted by atomic mass is 16.5. The molecule has 1 aromatic carbocycles. The van der Waals surface area contributed by atoms with Gasteiger partial charge in [-0.1, -0.05) is 12.1 Å². The summed E-state index contributed by atoms with van der Waals surface area (Å²) < 4.78 is 11.0. The third-order valence-corrected chi connectivity index (χ3v) is 3.73. The highest BCUT2D eigenvalue weighted by Crippen LogP contribution is 2.30. The Morgan fingerprint density at radius 2 is 2.11 bits per heavy atom. The molecule has 0 saturated heterocycles. The summed E-state index contributed by atoms with van der Waals surface area (Å²) in [5.74, 6) is 0.869. The minimum atomic E-state index is -0.455. The standard InChI is InChI=1S/C15H23NO3/c1-18-9-7-12-2-4-13(5-3-12)19-14-6-8-15(16,10-14)11-17/h2-5,14,17H,6-11,16H2,1H3. The fourth-order valence-electron chi connectivity index (χ4n) is 2.50. The van der Waals surface area contributed by atoms with Crippen LogP contribution in [0.1, 0.15) is 24.8 Å². The lowest BCUT2D eigenvalue weighted by Crippen LogP contribution is -2.41. The maximum Gasteiger partial charge on any atom is 0.119 e. The molecule has 0 aliphatic heterocycles. The van der Waals surface area contributed by atoms with Gasteiger partial charge in [-0.15, -0.1) is 0 Å². The SMILES string of the molecule is COCCc1ccc(OC2CCC(N)(CO)C2)cc1. The first-order valence-electron chi connectivity index (χ1n) is 6.79. The summed E-state index contributed by atoms with van der Waals surface area (Å²) >= 11 is 0. The van der Waals surface area contributed by atoms with E-state index in [1.54, 1.807) is 7.11 Å². The van der Waals surface area contributed by atoms with Crippen molar-refractivity contribution in [1.29, 1.82) is 0 Å². The van der Waals surface area contributed by atoms with Gasteiger partial charge in [-0.25, -0.2) is 0 Å². The number of methoxy groups -OCH3 is 1. The Bertz CT molecular complexity index is 393. The summed E-state index contributed by atoms with van der Waals surface area (Å²) in [7, 11) is 1.71. The van der Waals surface area contributed by atoms with E-state index in [9.17, 15) is 5.11 Å². The molecule has 0 bridgehead atoms. The molecular formula is C15H23NO3. The molecular weight excluding hydrogens is 242 g/mol. The summed E-state index contributed by atoms with van der Waals surface area (Å²) in [6.07, 6.45) is 3.47. The molecule has 0 radical (unpaired) electrons. The Balaban J connectivity index is 1.86. The van der Waals surface area contributed by atoms with E-state index in [4.69, 9.17) is 15.2 Å². The zero-order valence-corrected chi connectivity index (χ0v) is 11.5. The molecule has 19 heavy (non-hydrogen) atoms. The van der Waals surface area contributed by atoms with Gasteiger partial charge in [-0.3, -0.25) is 0 Å². The monoisotopic (exact) mass is 265 g/mol. The van der Waals surface area contributed by atoms with Crippen molar-refractivity contribution in [1.82, 2.24) is 0 Å². The van der Waals surface area contributed by atoms with E-state index in [1.807, 2.05) is 12.1 Å². The highest BCUT2D eigenvalue weighted by Gasteiger charge is 2.36.